The molecule has 0 heterocycles. The van der Waals surface area contributed by atoms with E-state index in [9.17, 15) is 4.79 Å². The van der Waals surface area contributed by atoms with E-state index in [0.29, 0.717) is 23.7 Å². The fraction of sp³-hybridized carbons (Fsp3) is 0.105. The summed E-state index contributed by atoms with van der Waals surface area (Å²) in [7, 11) is 0. The predicted molar refractivity (Wildman–Crippen MR) is 88.1 cm³/mol. The van der Waals surface area contributed by atoms with Crippen molar-refractivity contribution in [3.05, 3.63) is 79.4 Å². The van der Waals surface area contributed by atoms with E-state index in [1.807, 2.05) is 6.07 Å². The maximum atomic E-state index is 12.2. The number of hydrogen-bond donors (Lipinski definition) is 0. The molecule has 0 aliphatic heterocycles. The van der Waals surface area contributed by atoms with Crippen LogP contribution in [0.25, 0.3) is 0 Å². The summed E-state index contributed by atoms with van der Waals surface area (Å²) in [5, 5.41) is 0. The number of benzene rings is 2. The molecule has 0 aliphatic rings. The third kappa shape index (κ3) is 4.48. The summed E-state index contributed by atoms with van der Waals surface area (Å²) in [5.41, 5.74) is 0.438. The molecule has 0 saturated carbocycles. The summed E-state index contributed by atoms with van der Waals surface area (Å²) in [6.45, 7) is 7.76. The molecule has 0 fully saturated rings. The third-order valence-corrected chi connectivity index (χ3v) is 2.79. The molecule has 23 heavy (non-hydrogen) atoms. The van der Waals surface area contributed by atoms with Gasteiger partial charge in [0.2, 0.25) is 5.75 Å². The lowest BCUT2D eigenvalue weighted by Gasteiger charge is -2.14. The first-order valence-electron chi connectivity index (χ1n) is 7.05. The summed E-state index contributed by atoms with van der Waals surface area (Å²) in [5.74, 6) is 0.424. The molecule has 0 saturated heterocycles. The van der Waals surface area contributed by atoms with Gasteiger partial charge in [0.1, 0.15) is 13.2 Å². The molecule has 0 bridgehead atoms. The quantitative estimate of drug-likeness (QED) is 0.422. The topological polar surface area (TPSA) is 44.8 Å². The Morgan fingerprint density at radius 3 is 2.43 bits per heavy atom. The molecule has 2 aromatic carbocycles. The average molecular weight is 309 g/mol. The highest BCUT2D eigenvalue weighted by molar-refractivity contribution is 5.91. The van der Waals surface area contributed by atoms with Gasteiger partial charge < -0.3 is 14.2 Å². The third-order valence-electron chi connectivity index (χ3n) is 2.79. The first kappa shape index (κ1) is 16.4. The van der Waals surface area contributed by atoms with Crippen LogP contribution in [0.5, 0.6) is 17.2 Å². The number of carbonyl (C=O) groups excluding carboxylic acids is 1. The maximum absolute atomic E-state index is 12.2. The fourth-order valence-electron chi connectivity index (χ4n) is 1.79. The zero-order chi connectivity index (χ0) is 16.5. The lowest BCUT2D eigenvalue weighted by molar-refractivity contribution is 0.0727. The van der Waals surface area contributed by atoms with Gasteiger partial charge in [0, 0.05) is 6.07 Å². The largest absolute Gasteiger partial charge is 0.486 e. The maximum Gasteiger partial charge on any atom is 0.343 e. The lowest BCUT2D eigenvalue weighted by atomic mass is 10.2. The van der Waals surface area contributed by atoms with Gasteiger partial charge >= 0.3 is 5.97 Å². The minimum absolute atomic E-state index is 0.169. The highest BCUT2D eigenvalue weighted by Crippen LogP contribution is 2.37. The van der Waals surface area contributed by atoms with Crippen LogP contribution in [0.4, 0.5) is 0 Å². The van der Waals surface area contributed by atoms with Crippen LogP contribution < -0.4 is 14.2 Å². The zero-order valence-corrected chi connectivity index (χ0v) is 12.7. The molecule has 117 valence electrons. The van der Waals surface area contributed by atoms with E-state index in [1.165, 1.54) is 0 Å². The van der Waals surface area contributed by atoms with Crippen molar-refractivity contribution in [1.29, 1.82) is 0 Å². The molecule has 0 aromatic heterocycles. The molecule has 0 spiro atoms. The van der Waals surface area contributed by atoms with Crippen molar-refractivity contribution >= 4 is 5.97 Å². The van der Waals surface area contributed by atoms with Crippen LogP contribution in [-0.4, -0.2) is 19.2 Å². The zero-order valence-electron chi connectivity index (χ0n) is 12.7. The highest BCUT2D eigenvalue weighted by atomic mass is 16.6. The Morgan fingerprint density at radius 2 is 1.74 bits per heavy atom. The van der Waals surface area contributed by atoms with E-state index in [4.69, 9.17) is 14.2 Å². The molecule has 2 aromatic rings. The van der Waals surface area contributed by atoms with Gasteiger partial charge in [-0.2, -0.15) is 0 Å². The molecular weight excluding hydrogens is 292 g/mol. The molecule has 2 rings (SSSR count). The average Bonchev–Trinajstić information content (AvgIpc) is 2.59. The highest BCUT2D eigenvalue weighted by Gasteiger charge is 2.16. The first-order valence-corrected chi connectivity index (χ1v) is 7.05. The van der Waals surface area contributed by atoms with E-state index in [2.05, 4.69) is 19.2 Å². The number of rotatable bonds is 8. The minimum Gasteiger partial charge on any atom is -0.486 e. The normalized spacial score (nSPS) is 9.74. The number of esters is 1. The Balaban J connectivity index is 2.27. The molecular formula is C19H17O4. The molecule has 1 radical (unpaired) electrons. The van der Waals surface area contributed by atoms with Crippen molar-refractivity contribution in [2.45, 2.75) is 0 Å². The summed E-state index contributed by atoms with van der Waals surface area (Å²) < 4.78 is 16.5. The van der Waals surface area contributed by atoms with Gasteiger partial charge in [-0.3, -0.25) is 0 Å². The van der Waals surface area contributed by atoms with Crippen molar-refractivity contribution in [3.63, 3.8) is 0 Å². The van der Waals surface area contributed by atoms with Crippen molar-refractivity contribution in [2.75, 3.05) is 13.2 Å². The van der Waals surface area contributed by atoms with Gasteiger partial charge in [-0.05, 0) is 24.3 Å². The Kier molecular flexibility index (Phi) is 6.00. The molecule has 0 unspecified atom stereocenters. The number of carbonyl (C=O) groups is 1. The molecule has 0 amide bonds. The van der Waals surface area contributed by atoms with Gasteiger partial charge in [-0.1, -0.05) is 43.5 Å². The van der Waals surface area contributed by atoms with Crippen LogP contribution in [0, 0.1) is 6.07 Å². The second-order valence-corrected chi connectivity index (χ2v) is 4.46. The molecule has 4 heteroatoms. The predicted octanol–water partition coefficient (Wildman–Crippen LogP) is 3.84. The van der Waals surface area contributed by atoms with E-state index < -0.39 is 5.97 Å². The van der Waals surface area contributed by atoms with Gasteiger partial charge in [-0.15, -0.1) is 0 Å². The first-order chi connectivity index (χ1) is 11.3. The van der Waals surface area contributed by atoms with Crippen molar-refractivity contribution in [2.24, 2.45) is 0 Å². The van der Waals surface area contributed by atoms with Gasteiger partial charge in [0.15, 0.2) is 11.5 Å². The number of hydrogen-bond acceptors (Lipinski definition) is 4. The molecule has 0 N–H and O–H groups in total. The summed E-state index contributed by atoms with van der Waals surface area (Å²) in [6.07, 6.45) is 3.21. The molecule has 4 nitrogen and oxygen atoms in total. The van der Waals surface area contributed by atoms with Gasteiger partial charge in [0.05, 0.1) is 5.56 Å². The van der Waals surface area contributed by atoms with E-state index in [-0.39, 0.29) is 12.4 Å². The van der Waals surface area contributed by atoms with E-state index >= 15 is 0 Å². The Morgan fingerprint density at radius 1 is 1.04 bits per heavy atom. The minimum atomic E-state index is -0.494. The van der Waals surface area contributed by atoms with E-state index in [1.54, 1.807) is 48.6 Å². The van der Waals surface area contributed by atoms with E-state index in [0.717, 1.165) is 0 Å². The molecule has 0 aliphatic carbocycles. The lowest BCUT2D eigenvalue weighted by Crippen LogP contribution is -2.10. The molecule has 0 atom stereocenters. The SMILES string of the molecule is C=CCOc1cc[c]c(OC(=O)c2ccccc2)c1OCC=C. The van der Waals surface area contributed by atoms with Crippen LogP contribution >= 0.6 is 0 Å². The van der Waals surface area contributed by atoms with Crippen LogP contribution in [0.15, 0.2) is 67.8 Å². The summed E-state index contributed by atoms with van der Waals surface area (Å²) in [6, 6.07) is 14.8. The Labute approximate surface area is 135 Å². The Bertz CT molecular complexity index is 677. The monoisotopic (exact) mass is 309 g/mol. The Hall–Kier alpha value is -3.01. The van der Waals surface area contributed by atoms with Crippen LogP contribution in [-0.2, 0) is 0 Å². The number of ether oxygens (including phenoxy) is 3. The van der Waals surface area contributed by atoms with Crippen molar-refractivity contribution < 1.29 is 19.0 Å². The fourth-order valence-corrected chi connectivity index (χ4v) is 1.79. The second kappa shape index (κ2) is 8.44. The van der Waals surface area contributed by atoms with Crippen LogP contribution in [0.3, 0.4) is 0 Å². The van der Waals surface area contributed by atoms with Gasteiger partial charge in [0.25, 0.3) is 0 Å². The van der Waals surface area contributed by atoms with Crippen molar-refractivity contribution in [1.82, 2.24) is 0 Å². The summed E-state index contributed by atoms with van der Waals surface area (Å²) >= 11 is 0. The summed E-state index contributed by atoms with van der Waals surface area (Å²) in [4.78, 5) is 12.2. The standard InChI is InChI=1S/C19H17O4/c1-3-13-21-16-11-8-12-17(18(16)22-14-4-2)23-19(20)15-9-6-5-7-10-15/h3-11H,1-2,13-14H2. The van der Waals surface area contributed by atoms with Crippen LogP contribution in [0.1, 0.15) is 10.4 Å². The van der Waals surface area contributed by atoms with Gasteiger partial charge in [-0.25, -0.2) is 4.79 Å². The second-order valence-electron chi connectivity index (χ2n) is 4.46. The van der Waals surface area contributed by atoms with Crippen molar-refractivity contribution in [3.8, 4) is 17.2 Å². The van der Waals surface area contributed by atoms with Crippen LogP contribution in [0.2, 0.25) is 0 Å². The smallest absolute Gasteiger partial charge is 0.343 e.